The second-order valence-electron chi connectivity index (χ2n) is 6.76. The Morgan fingerprint density at radius 3 is 2.86 bits per heavy atom. The van der Waals surface area contributed by atoms with Crippen LogP contribution in [0.15, 0.2) is 0 Å². The fourth-order valence-corrected chi connectivity index (χ4v) is 3.47. The van der Waals surface area contributed by atoms with Crippen molar-refractivity contribution in [3.05, 3.63) is 0 Å². The van der Waals surface area contributed by atoms with Gasteiger partial charge in [-0.1, -0.05) is 20.3 Å². The van der Waals surface area contributed by atoms with Crippen LogP contribution in [-0.4, -0.2) is 41.1 Å². The van der Waals surface area contributed by atoms with Crippen molar-refractivity contribution in [1.82, 2.24) is 10.2 Å². The third-order valence-corrected chi connectivity index (χ3v) is 4.94. The molecule has 21 heavy (non-hydrogen) atoms. The number of carbonyl (C=O) groups excluding carboxylic acids is 1. The van der Waals surface area contributed by atoms with Gasteiger partial charge in [-0.3, -0.25) is 4.79 Å². The van der Waals surface area contributed by atoms with E-state index in [4.69, 9.17) is 5.11 Å². The average molecular weight is 296 g/mol. The maximum atomic E-state index is 12.3. The maximum absolute atomic E-state index is 12.3. The number of nitrogens with one attached hydrogen (secondary N) is 1. The van der Waals surface area contributed by atoms with Gasteiger partial charge in [0.25, 0.3) is 0 Å². The van der Waals surface area contributed by atoms with Gasteiger partial charge >= 0.3 is 12.0 Å². The number of rotatable bonds is 6. The molecule has 120 valence electrons. The van der Waals surface area contributed by atoms with E-state index < -0.39 is 5.97 Å². The summed E-state index contributed by atoms with van der Waals surface area (Å²) in [7, 11) is 0. The van der Waals surface area contributed by atoms with Crippen molar-refractivity contribution in [2.24, 2.45) is 17.8 Å². The van der Waals surface area contributed by atoms with E-state index in [0.29, 0.717) is 24.4 Å². The van der Waals surface area contributed by atoms with Crippen LogP contribution in [0, 0.1) is 17.8 Å². The SMILES string of the molecule is CCCC1CC1NC(=O)N1CCCC(C(C)CC(=O)O)C1. The summed E-state index contributed by atoms with van der Waals surface area (Å²) >= 11 is 0. The molecule has 2 N–H and O–H groups in total. The van der Waals surface area contributed by atoms with Gasteiger partial charge in [0, 0.05) is 25.6 Å². The van der Waals surface area contributed by atoms with Gasteiger partial charge in [-0.2, -0.15) is 0 Å². The molecule has 0 aromatic carbocycles. The molecule has 1 heterocycles. The van der Waals surface area contributed by atoms with E-state index in [1.807, 2.05) is 11.8 Å². The topological polar surface area (TPSA) is 69.6 Å². The van der Waals surface area contributed by atoms with Crippen molar-refractivity contribution < 1.29 is 14.7 Å². The number of carboxylic acids is 1. The van der Waals surface area contributed by atoms with E-state index in [9.17, 15) is 9.59 Å². The molecular weight excluding hydrogens is 268 g/mol. The highest BCUT2D eigenvalue weighted by Gasteiger charge is 2.38. The Hall–Kier alpha value is -1.26. The van der Waals surface area contributed by atoms with Gasteiger partial charge in [-0.25, -0.2) is 4.79 Å². The summed E-state index contributed by atoms with van der Waals surface area (Å²) in [6.45, 7) is 5.66. The first kappa shape index (κ1) is 16.1. The monoisotopic (exact) mass is 296 g/mol. The van der Waals surface area contributed by atoms with Crippen LogP contribution in [0.4, 0.5) is 4.79 Å². The highest BCUT2D eigenvalue weighted by atomic mass is 16.4. The summed E-state index contributed by atoms with van der Waals surface area (Å²) in [5, 5.41) is 12.0. The molecule has 2 rings (SSSR count). The Bertz CT molecular complexity index is 386. The van der Waals surface area contributed by atoms with Crippen LogP contribution < -0.4 is 5.32 Å². The quantitative estimate of drug-likeness (QED) is 0.791. The van der Waals surface area contributed by atoms with Gasteiger partial charge in [-0.05, 0) is 43.4 Å². The molecule has 1 saturated heterocycles. The normalized spacial score (nSPS) is 29.8. The molecule has 2 amide bonds. The fraction of sp³-hybridized carbons (Fsp3) is 0.875. The van der Waals surface area contributed by atoms with Crippen LogP contribution in [0.1, 0.15) is 52.4 Å². The van der Waals surface area contributed by atoms with E-state index >= 15 is 0 Å². The molecule has 5 nitrogen and oxygen atoms in total. The number of urea groups is 1. The highest BCUT2D eigenvalue weighted by Crippen LogP contribution is 2.35. The van der Waals surface area contributed by atoms with Gasteiger partial charge in [0.05, 0.1) is 0 Å². The molecule has 1 aliphatic carbocycles. The highest BCUT2D eigenvalue weighted by molar-refractivity contribution is 5.75. The van der Waals surface area contributed by atoms with Crippen molar-refractivity contribution in [2.45, 2.75) is 58.4 Å². The van der Waals surface area contributed by atoms with Crippen LogP contribution in [0.3, 0.4) is 0 Å². The minimum absolute atomic E-state index is 0.0471. The van der Waals surface area contributed by atoms with Crippen molar-refractivity contribution in [1.29, 1.82) is 0 Å². The molecule has 1 saturated carbocycles. The van der Waals surface area contributed by atoms with Crippen LogP contribution in [0.2, 0.25) is 0 Å². The number of aliphatic carboxylic acids is 1. The summed E-state index contributed by atoms with van der Waals surface area (Å²) in [4.78, 5) is 25.0. The molecule has 0 aromatic heterocycles. The Kier molecular flexibility index (Phi) is 5.48. The molecule has 0 aromatic rings. The van der Waals surface area contributed by atoms with Crippen LogP contribution >= 0.6 is 0 Å². The van der Waals surface area contributed by atoms with Crippen molar-refractivity contribution in [3.63, 3.8) is 0 Å². The van der Waals surface area contributed by atoms with Gasteiger partial charge in [0.1, 0.15) is 0 Å². The number of carboxylic acid groups (broad SMARTS) is 1. The lowest BCUT2D eigenvalue weighted by Crippen LogP contribution is -2.47. The number of hydrogen-bond acceptors (Lipinski definition) is 2. The number of piperidine rings is 1. The molecule has 1 aliphatic heterocycles. The lowest BCUT2D eigenvalue weighted by Gasteiger charge is -2.35. The largest absolute Gasteiger partial charge is 0.481 e. The number of carbonyl (C=O) groups is 2. The average Bonchev–Trinajstić information content (AvgIpc) is 3.16. The molecule has 5 heteroatoms. The Morgan fingerprint density at radius 1 is 1.43 bits per heavy atom. The number of amides is 2. The van der Waals surface area contributed by atoms with E-state index in [2.05, 4.69) is 12.2 Å². The zero-order chi connectivity index (χ0) is 15.4. The molecule has 2 fully saturated rings. The van der Waals surface area contributed by atoms with Gasteiger partial charge < -0.3 is 15.3 Å². The molecule has 0 bridgehead atoms. The zero-order valence-corrected chi connectivity index (χ0v) is 13.2. The maximum Gasteiger partial charge on any atom is 0.317 e. The summed E-state index contributed by atoms with van der Waals surface area (Å²) in [5.41, 5.74) is 0. The van der Waals surface area contributed by atoms with Gasteiger partial charge in [-0.15, -0.1) is 0 Å². The van der Waals surface area contributed by atoms with E-state index in [1.165, 1.54) is 12.8 Å². The summed E-state index contributed by atoms with van der Waals surface area (Å²) in [6, 6.07) is 0.417. The summed E-state index contributed by atoms with van der Waals surface area (Å²) in [6.07, 6.45) is 5.69. The smallest absolute Gasteiger partial charge is 0.317 e. The third-order valence-electron chi connectivity index (χ3n) is 4.94. The second kappa shape index (κ2) is 7.14. The Labute approximate surface area is 127 Å². The molecule has 2 aliphatic rings. The fourth-order valence-electron chi connectivity index (χ4n) is 3.47. The lowest BCUT2D eigenvalue weighted by atomic mass is 9.85. The van der Waals surface area contributed by atoms with E-state index in [-0.39, 0.29) is 18.4 Å². The van der Waals surface area contributed by atoms with Crippen LogP contribution in [0.25, 0.3) is 0 Å². The van der Waals surface area contributed by atoms with Crippen molar-refractivity contribution >= 4 is 12.0 Å². The molecule has 0 spiro atoms. The van der Waals surface area contributed by atoms with Gasteiger partial charge in [0.2, 0.25) is 0 Å². The van der Waals surface area contributed by atoms with E-state index in [1.54, 1.807) is 0 Å². The molecular formula is C16H28N2O3. The molecule has 0 radical (unpaired) electrons. The van der Waals surface area contributed by atoms with Gasteiger partial charge in [0.15, 0.2) is 0 Å². The summed E-state index contributed by atoms with van der Waals surface area (Å²) < 4.78 is 0. The predicted octanol–water partition coefficient (Wildman–Crippen LogP) is 2.71. The number of hydrogen-bond donors (Lipinski definition) is 2. The zero-order valence-electron chi connectivity index (χ0n) is 13.2. The molecule has 4 unspecified atom stereocenters. The van der Waals surface area contributed by atoms with Crippen LogP contribution in [-0.2, 0) is 4.79 Å². The number of nitrogens with zero attached hydrogens (tertiary/aromatic N) is 1. The first-order valence-electron chi connectivity index (χ1n) is 8.28. The first-order chi connectivity index (χ1) is 10.0. The molecule has 4 atom stereocenters. The lowest BCUT2D eigenvalue weighted by molar-refractivity contribution is -0.138. The third kappa shape index (κ3) is 4.61. The van der Waals surface area contributed by atoms with Crippen molar-refractivity contribution in [2.75, 3.05) is 13.1 Å². The number of likely N-dealkylation sites (tertiary alicyclic amines) is 1. The minimum Gasteiger partial charge on any atom is -0.481 e. The first-order valence-corrected chi connectivity index (χ1v) is 8.28. The predicted molar refractivity (Wildman–Crippen MR) is 81.0 cm³/mol. The standard InChI is InChI=1S/C16H28N2O3/c1-3-5-12-9-14(12)17-16(21)18-7-4-6-13(10-18)11(2)8-15(19)20/h11-14H,3-10H2,1-2H3,(H,17,21)(H,19,20). The van der Waals surface area contributed by atoms with Crippen LogP contribution in [0.5, 0.6) is 0 Å². The van der Waals surface area contributed by atoms with Crippen molar-refractivity contribution in [3.8, 4) is 0 Å². The van der Waals surface area contributed by atoms with E-state index in [0.717, 1.165) is 25.8 Å². The second-order valence-corrected chi connectivity index (χ2v) is 6.76. The minimum atomic E-state index is -0.746. The summed E-state index contributed by atoms with van der Waals surface area (Å²) in [5.74, 6) is 0.369. The Balaban J connectivity index is 1.78. The Morgan fingerprint density at radius 2 is 2.19 bits per heavy atom.